The molecule has 0 aliphatic rings. The van der Waals surface area contributed by atoms with Crippen molar-refractivity contribution in [2.75, 3.05) is 11.9 Å². The van der Waals surface area contributed by atoms with Crippen LogP contribution in [0.15, 0.2) is 41.0 Å². The maximum absolute atomic E-state index is 11.7. The van der Waals surface area contributed by atoms with Gasteiger partial charge in [-0.2, -0.15) is 0 Å². The maximum atomic E-state index is 11.7. The Labute approximate surface area is 134 Å². The summed E-state index contributed by atoms with van der Waals surface area (Å²) >= 11 is 14.9. The minimum Gasteiger partial charge on any atom is -0.482 e. The molecule has 4 nitrogen and oxygen atoms in total. The molecule has 20 heavy (non-hydrogen) atoms. The number of carbonyl (C=O) groups excluding carboxylic acids is 1. The first kappa shape index (κ1) is 15.1. The van der Waals surface area contributed by atoms with Gasteiger partial charge < -0.3 is 10.1 Å². The van der Waals surface area contributed by atoms with Crippen LogP contribution in [0.2, 0.25) is 10.2 Å². The van der Waals surface area contributed by atoms with E-state index in [1.165, 1.54) is 6.20 Å². The maximum Gasteiger partial charge on any atom is 0.262 e. The lowest BCUT2D eigenvalue weighted by atomic mass is 10.3. The van der Waals surface area contributed by atoms with E-state index in [2.05, 4.69) is 26.2 Å². The van der Waals surface area contributed by atoms with Gasteiger partial charge in [0.1, 0.15) is 10.9 Å². The molecule has 2 aromatic rings. The third-order valence-corrected chi connectivity index (χ3v) is 3.28. The van der Waals surface area contributed by atoms with Crippen LogP contribution in [0.3, 0.4) is 0 Å². The van der Waals surface area contributed by atoms with E-state index in [9.17, 15) is 4.79 Å². The first-order valence-corrected chi connectivity index (χ1v) is 7.09. The number of hydrogen-bond acceptors (Lipinski definition) is 3. The molecule has 0 unspecified atom stereocenters. The van der Waals surface area contributed by atoms with Crippen molar-refractivity contribution in [3.05, 3.63) is 51.2 Å². The molecular weight excluding hydrogens is 367 g/mol. The number of ether oxygens (including phenoxy) is 1. The second-order valence-corrected chi connectivity index (χ2v) is 5.49. The molecule has 1 aromatic carbocycles. The van der Waals surface area contributed by atoms with Gasteiger partial charge in [-0.25, -0.2) is 4.98 Å². The molecule has 0 saturated heterocycles. The molecule has 104 valence electrons. The summed E-state index contributed by atoms with van der Waals surface area (Å²) in [5.74, 6) is 0.132. The molecule has 0 saturated carbocycles. The van der Waals surface area contributed by atoms with Crippen LogP contribution >= 0.6 is 39.1 Å². The number of carbonyl (C=O) groups is 1. The SMILES string of the molecule is O=C(COc1ccc(Br)cc1Cl)Nc1ccc(Cl)nc1. The van der Waals surface area contributed by atoms with Crippen LogP contribution in [0, 0.1) is 0 Å². The average Bonchev–Trinajstić information content (AvgIpc) is 2.40. The highest BCUT2D eigenvalue weighted by Gasteiger charge is 2.07. The number of halogens is 3. The van der Waals surface area contributed by atoms with Crippen molar-refractivity contribution in [3.63, 3.8) is 0 Å². The summed E-state index contributed by atoms with van der Waals surface area (Å²) in [5, 5.41) is 3.43. The fourth-order valence-electron chi connectivity index (χ4n) is 1.38. The van der Waals surface area contributed by atoms with Gasteiger partial charge in [-0.3, -0.25) is 4.79 Å². The molecule has 2 rings (SSSR count). The fraction of sp³-hybridized carbons (Fsp3) is 0.0769. The minimum atomic E-state index is -0.312. The summed E-state index contributed by atoms with van der Waals surface area (Å²) in [6.07, 6.45) is 1.47. The molecule has 0 bridgehead atoms. The van der Waals surface area contributed by atoms with Gasteiger partial charge in [-0.15, -0.1) is 0 Å². The van der Waals surface area contributed by atoms with Crippen LogP contribution in [-0.2, 0) is 4.79 Å². The van der Waals surface area contributed by atoms with Gasteiger partial charge >= 0.3 is 0 Å². The predicted octanol–water partition coefficient (Wildman–Crippen LogP) is 4.17. The Balaban J connectivity index is 1.90. The number of hydrogen-bond donors (Lipinski definition) is 1. The van der Waals surface area contributed by atoms with Crippen molar-refractivity contribution >= 4 is 50.7 Å². The number of benzene rings is 1. The van der Waals surface area contributed by atoms with Gasteiger partial charge in [0, 0.05) is 4.47 Å². The van der Waals surface area contributed by atoms with E-state index in [1.807, 2.05) is 0 Å². The third-order valence-electron chi connectivity index (χ3n) is 2.26. The van der Waals surface area contributed by atoms with Crippen LogP contribution in [0.5, 0.6) is 5.75 Å². The smallest absolute Gasteiger partial charge is 0.262 e. The molecule has 1 heterocycles. The van der Waals surface area contributed by atoms with Gasteiger partial charge in [0.05, 0.1) is 16.9 Å². The van der Waals surface area contributed by atoms with Crippen LogP contribution in [0.4, 0.5) is 5.69 Å². The van der Waals surface area contributed by atoms with Crippen LogP contribution in [0.1, 0.15) is 0 Å². The summed E-state index contributed by atoms with van der Waals surface area (Å²) in [4.78, 5) is 15.6. The Morgan fingerprint density at radius 1 is 1.30 bits per heavy atom. The van der Waals surface area contributed by atoms with Crippen molar-refractivity contribution < 1.29 is 9.53 Å². The zero-order chi connectivity index (χ0) is 14.5. The van der Waals surface area contributed by atoms with E-state index in [0.717, 1.165) is 4.47 Å². The van der Waals surface area contributed by atoms with Crippen LogP contribution < -0.4 is 10.1 Å². The molecule has 0 atom stereocenters. The van der Waals surface area contributed by atoms with Crippen LogP contribution in [-0.4, -0.2) is 17.5 Å². The molecular formula is C13H9BrCl2N2O2. The number of pyridine rings is 1. The van der Waals surface area contributed by atoms with E-state index in [0.29, 0.717) is 21.6 Å². The van der Waals surface area contributed by atoms with Crippen LogP contribution in [0.25, 0.3) is 0 Å². The van der Waals surface area contributed by atoms with Crippen molar-refractivity contribution in [1.29, 1.82) is 0 Å². The number of rotatable bonds is 4. The Kier molecular flexibility index (Phi) is 5.23. The largest absolute Gasteiger partial charge is 0.482 e. The number of nitrogens with one attached hydrogen (secondary N) is 1. The number of aromatic nitrogens is 1. The fourth-order valence-corrected chi connectivity index (χ4v) is 2.22. The minimum absolute atomic E-state index is 0.149. The topological polar surface area (TPSA) is 51.2 Å². The molecule has 1 N–H and O–H groups in total. The van der Waals surface area contributed by atoms with E-state index < -0.39 is 0 Å². The average molecular weight is 376 g/mol. The quantitative estimate of drug-likeness (QED) is 0.816. The highest BCUT2D eigenvalue weighted by molar-refractivity contribution is 9.10. The lowest BCUT2D eigenvalue weighted by molar-refractivity contribution is -0.118. The van der Waals surface area contributed by atoms with E-state index in [4.69, 9.17) is 27.9 Å². The summed E-state index contributed by atoms with van der Waals surface area (Å²) in [6, 6.07) is 8.40. The third kappa shape index (κ3) is 4.37. The van der Waals surface area contributed by atoms with Gasteiger partial charge in [0.15, 0.2) is 6.61 Å². The van der Waals surface area contributed by atoms with Crippen molar-refractivity contribution in [2.24, 2.45) is 0 Å². The van der Waals surface area contributed by atoms with Gasteiger partial charge in [0.25, 0.3) is 5.91 Å². The standard InChI is InChI=1S/C13H9BrCl2N2O2/c14-8-1-3-11(10(15)5-8)20-7-13(19)18-9-2-4-12(16)17-6-9/h1-6H,7H2,(H,18,19). The lowest BCUT2D eigenvalue weighted by Gasteiger charge is -2.08. The highest BCUT2D eigenvalue weighted by atomic mass is 79.9. The van der Waals surface area contributed by atoms with Gasteiger partial charge in [0.2, 0.25) is 0 Å². The lowest BCUT2D eigenvalue weighted by Crippen LogP contribution is -2.20. The van der Waals surface area contributed by atoms with Crippen molar-refractivity contribution in [3.8, 4) is 5.75 Å². The van der Waals surface area contributed by atoms with Crippen molar-refractivity contribution in [2.45, 2.75) is 0 Å². The molecule has 0 spiro atoms. The zero-order valence-electron chi connectivity index (χ0n) is 10.1. The Morgan fingerprint density at radius 3 is 2.75 bits per heavy atom. The highest BCUT2D eigenvalue weighted by Crippen LogP contribution is 2.27. The predicted molar refractivity (Wildman–Crippen MR) is 82.5 cm³/mol. The first-order valence-electron chi connectivity index (χ1n) is 5.54. The van der Waals surface area contributed by atoms with Crippen molar-refractivity contribution in [1.82, 2.24) is 4.98 Å². The Morgan fingerprint density at radius 2 is 2.10 bits per heavy atom. The van der Waals surface area contributed by atoms with E-state index in [1.54, 1.807) is 30.3 Å². The molecule has 0 radical (unpaired) electrons. The first-order chi connectivity index (χ1) is 9.54. The monoisotopic (exact) mass is 374 g/mol. The molecule has 0 fully saturated rings. The molecule has 0 aliphatic carbocycles. The summed E-state index contributed by atoms with van der Waals surface area (Å²) < 4.78 is 6.18. The summed E-state index contributed by atoms with van der Waals surface area (Å²) in [5.41, 5.74) is 0.546. The number of anilines is 1. The molecule has 0 aliphatic heterocycles. The zero-order valence-corrected chi connectivity index (χ0v) is 13.2. The van der Waals surface area contributed by atoms with Gasteiger partial charge in [-0.05, 0) is 30.3 Å². The molecule has 7 heteroatoms. The van der Waals surface area contributed by atoms with E-state index in [-0.39, 0.29) is 12.5 Å². The molecule has 1 amide bonds. The second kappa shape index (κ2) is 6.92. The Bertz CT molecular complexity index is 620. The summed E-state index contributed by atoms with van der Waals surface area (Å²) in [6.45, 7) is -0.149. The number of nitrogens with zero attached hydrogens (tertiary/aromatic N) is 1. The Hall–Kier alpha value is -1.30. The van der Waals surface area contributed by atoms with Gasteiger partial charge in [-0.1, -0.05) is 39.1 Å². The second-order valence-electron chi connectivity index (χ2n) is 3.78. The molecule has 1 aromatic heterocycles. The number of amides is 1. The summed E-state index contributed by atoms with van der Waals surface area (Å²) in [7, 11) is 0. The normalized spacial score (nSPS) is 10.2. The van der Waals surface area contributed by atoms with E-state index >= 15 is 0 Å².